The van der Waals surface area contributed by atoms with E-state index in [-0.39, 0.29) is 5.78 Å². The molecule has 0 bridgehead atoms. The molecule has 1 N–H and O–H groups in total. The van der Waals surface area contributed by atoms with Crippen LogP contribution in [0.5, 0.6) is 5.75 Å². The number of aromatic amines is 1. The predicted molar refractivity (Wildman–Crippen MR) is 82.5 cm³/mol. The molecule has 0 radical (unpaired) electrons. The number of carbonyl (C=O) groups excluding carboxylic acids is 1. The van der Waals surface area contributed by atoms with Crippen LogP contribution in [-0.4, -0.2) is 22.9 Å². The van der Waals surface area contributed by atoms with Gasteiger partial charge in [0, 0.05) is 5.56 Å². The molecule has 3 rings (SSSR count). The highest BCUT2D eigenvalue weighted by Crippen LogP contribution is 2.14. The number of hydrogen-bond donors (Lipinski definition) is 1. The van der Waals surface area contributed by atoms with Gasteiger partial charge in [-0.1, -0.05) is 24.3 Å². The minimum Gasteiger partial charge on any atom is -0.497 e. The maximum Gasteiger partial charge on any atom is 0.186 e. The quantitative estimate of drug-likeness (QED) is 0.587. The molecular weight excluding hydrogens is 264 g/mol. The second-order valence-corrected chi connectivity index (χ2v) is 4.57. The van der Waals surface area contributed by atoms with Crippen molar-refractivity contribution in [3.05, 3.63) is 66.0 Å². The van der Waals surface area contributed by atoms with E-state index in [9.17, 15) is 4.79 Å². The summed E-state index contributed by atoms with van der Waals surface area (Å²) in [5, 5.41) is 0. The first-order valence-corrected chi connectivity index (χ1v) is 6.57. The molecule has 0 saturated carbocycles. The Bertz CT molecular complexity index is 785. The molecule has 21 heavy (non-hydrogen) atoms. The number of hydrogen-bond acceptors (Lipinski definition) is 3. The van der Waals surface area contributed by atoms with Gasteiger partial charge in [-0.3, -0.25) is 4.79 Å². The molecule has 0 aliphatic carbocycles. The third kappa shape index (κ3) is 2.84. The van der Waals surface area contributed by atoms with E-state index >= 15 is 0 Å². The Morgan fingerprint density at radius 2 is 2.05 bits per heavy atom. The summed E-state index contributed by atoms with van der Waals surface area (Å²) in [5.41, 5.74) is 2.42. The van der Waals surface area contributed by atoms with Crippen molar-refractivity contribution >= 4 is 22.9 Å². The van der Waals surface area contributed by atoms with Gasteiger partial charge < -0.3 is 9.72 Å². The average Bonchev–Trinajstić information content (AvgIpc) is 2.95. The van der Waals surface area contributed by atoms with E-state index in [2.05, 4.69) is 9.97 Å². The number of fused-ring (bicyclic) bond motifs is 1. The summed E-state index contributed by atoms with van der Waals surface area (Å²) >= 11 is 0. The van der Waals surface area contributed by atoms with E-state index in [1.807, 2.05) is 24.3 Å². The lowest BCUT2D eigenvalue weighted by Gasteiger charge is -2.00. The lowest BCUT2D eigenvalue weighted by Crippen LogP contribution is -1.95. The van der Waals surface area contributed by atoms with Gasteiger partial charge >= 0.3 is 0 Å². The molecule has 3 aromatic rings. The van der Waals surface area contributed by atoms with Gasteiger partial charge in [-0.25, -0.2) is 4.98 Å². The van der Waals surface area contributed by atoms with Crippen molar-refractivity contribution in [2.45, 2.75) is 0 Å². The molecule has 0 spiro atoms. The van der Waals surface area contributed by atoms with E-state index in [0.29, 0.717) is 17.1 Å². The van der Waals surface area contributed by atoms with Crippen LogP contribution >= 0.6 is 0 Å². The van der Waals surface area contributed by atoms with Crippen molar-refractivity contribution < 1.29 is 9.53 Å². The van der Waals surface area contributed by atoms with Crippen LogP contribution in [0.3, 0.4) is 0 Å². The minimum atomic E-state index is -0.0886. The van der Waals surface area contributed by atoms with Gasteiger partial charge in [-0.2, -0.15) is 0 Å². The normalized spacial score (nSPS) is 11.1. The van der Waals surface area contributed by atoms with E-state index in [0.717, 1.165) is 11.0 Å². The van der Waals surface area contributed by atoms with Gasteiger partial charge in [0.2, 0.25) is 0 Å². The van der Waals surface area contributed by atoms with Crippen LogP contribution in [0, 0.1) is 0 Å². The number of ether oxygens (including phenoxy) is 1. The highest BCUT2D eigenvalue weighted by molar-refractivity contribution is 6.06. The van der Waals surface area contributed by atoms with Crippen LogP contribution in [0.15, 0.2) is 54.6 Å². The summed E-state index contributed by atoms with van der Waals surface area (Å²) in [4.78, 5) is 19.7. The second-order valence-electron chi connectivity index (χ2n) is 4.57. The summed E-state index contributed by atoms with van der Waals surface area (Å²) in [6, 6.07) is 14.8. The number of aromatic nitrogens is 2. The first-order valence-electron chi connectivity index (χ1n) is 6.57. The molecule has 2 aromatic carbocycles. The van der Waals surface area contributed by atoms with E-state index < -0.39 is 0 Å². The summed E-state index contributed by atoms with van der Waals surface area (Å²) < 4.78 is 5.11. The summed E-state index contributed by atoms with van der Waals surface area (Å²) in [6.07, 6.45) is 3.19. The topological polar surface area (TPSA) is 55.0 Å². The fourth-order valence-corrected chi connectivity index (χ4v) is 2.08. The Labute approximate surface area is 122 Å². The number of carbonyl (C=O) groups is 1. The number of imidazole rings is 1. The third-order valence-corrected chi connectivity index (χ3v) is 3.15. The van der Waals surface area contributed by atoms with Crippen LogP contribution < -0.4 is 4.74 Å². The lowest BCUT2D eigenvalue weighted by atomic mass is 10.1. The van der Waals surface area contributed by atoms with Gasteiger partial charge in [0.05, 0.1) is 18.1 Å². The Morgan fingerprint density at radius 1 is 1.19 bits per heavy atom. The largest absolute Gasteiger partial charge is 0.497 e. The van der Waals surface area contributed by atoms with Gasteiger partial charge in [0.25, 0.3) is 0 Å². The maximum atomic E-state index is 12.1. The van der Waals surface area contributed by atoms with E-state index in [4.69, 9.17) is 4.74 Å². The van der Waals surface area contributed by atoms with Crippen molar-refractivity contribution in [2.24, 2.45) is 0 Å². The highest BCUT2D eigenvalue weighted by Gasteiger charge is 2.04. The van der Waals surface area contributed by atoms with Crippen molar-refractivity contribution in [1.82, 2.24) is 9.97 Å². The predicted octanol–water partition coefficient (Wildman–Crippen LogP) is 3.47. The molecule has 0 fully saturated rings. The lowest BCUT2D eigenvalue weighted by molar-refractivity contribution is 0.104. The van der Waals surface area contributed by atoms with Gasteiger partial charge in [-0.05, 0) is 36.4 Å². The van der Waals surface area contributed by atoms with Crippen molar-refractivity contribution in [2.75, 3.05) is 7.11 Å². The molecule has 0 atom stereocenters. The Hall–Kier alpha value is -2.88. The minimum absolute atomic E-state index is 0.0886. The van der Waals surface area contributed by atoms with Gasteiger partial charge in [0.1, 0.15) is 11.6 Å². The standard InChI is InChI=1S/C17H14N2O2/c1-21-13-6-4-5-12(11-13)16(20)9-10-17-18-14-7-2-3-8-15(14)19-17/h2-11H,1H3,(H,18,19). The molecule has 0 aliphatic heterocycles. The molecule has 104 valence electrons. The smallest absolute Gasteiger partial charge is 0.186 e. The number of ketones is 1. The van der Waals surface area contributed by atoms with Crippen LogP contribution in [0.4, 0.5) is 0 Å². The number of nitrogens with zero attached hydrogens (tertiary/aromatic N) is 1. The number of H-pyrrole nitrogens is 1. The summed E-state index contributed by atoms with van der Waals surface area (Å²) in [5.74, 6) is 1.24. The SMILES string of the molecule is COc1cccc(C(=O)C=Cc2nc3ccccc3[nH]2)c1. The first kappa shape index (κ1) is 13.1. The van der Waals surface area contributed by atoms with E-state index in [1.54, 1.807) is 37.5 Å². The van der Waals surface area contributed by atoms with E-state index in [1.165, 1.54) is 6.08 Å². The van der Waals surface area contributed by atoms with Crippen LogP contribution in [0.25, 0.3) is 17.1 Å². The first-order chi connectivity index (χ1) is 10.3. The zero-order valence-electron chi connectivity index (χ0n) is 11.5. The van der Waals surface area contributed by atoms with Crippen molar-refractivity contribution in [3.8, 4) is 5.75 Å². The fourth-order valence-electron chi connectivity index (χ4n) is 2.08. The summed E-state index contributed by atoms with van der Waals surface area (Å²) in [6.45, 7) is 0. The zero-order valence-corrected chi connectivity index (χ0v) is 11.5. The van der Waals surface area contributed by atoms with Crippen LogP contribution in [-0.2, 0) is 0 Å². The highest BCUT2D eigenvalue weighted by atomic mass is 16.5. The third-order valence-electron chi connectivity index (χ3n) is 3.15. The Morgan fingerprint density at radius 3 is 2.86 bits per heavy atom. The Balaban J connectivity index is 1.82. The Kier molecular flexibility index (Phi) is 3.51. The molecule has 1 heterocycles. The molecule has 4 heteroatoms. The number of methoxy groups -OCH3 is 1. The van der Waals surface area contributed by atoms with Gasteiger partial charge in [-0.15, -0.1) is 0 Å². The second kappa shape index (κ2) is 5.63. The molecule has 4 nitrogen and oxygen atoms in total. The molecule has 0 aliphatic rings. The molecule has 0 unspecified atom stereocenters. The molecular formula is C17H14N2O2. The van der Waals surface area contributed by atoms with Crippen molar-refractivity contribution in [1.29, 1.82) is 0 Å². The fraction of sp³-hybridized carbons (Fsp3) is 0.0588. The molecule has 0 amide bonds. The molecule has 0 saturated heterocycles. The summed E-state index contributed by atoms with van der Waals surface area (Å²) in [7, 11) is 1.58. The average molecular weight is 278 g/mol. The van der Waals surface area contributed by atoms with Crippen LogP contribution in [0.2, 0.25) is 0 Å². The van der Waals surface area contributed by atoms with Crippen LogP contribution in [0.1, 0.15) is 16.2 Å². The monoisotopic (exact) mass is 278 g/mol. The number of allylic oxidation sites excluding steroid dienone is 1. The number of nitrogens with one attached hydrogen (secondary N) is 1. The van der Waals surface area contributed by atoms with Gasteiger partial charge in [0.15, 0.2) is 5.78 Å². The molecule has 1 aromatic heterocycles. The maximum absolute atomic E-state index is 12.1. The number of para-hydroxylation sites is 2. The number of rotatable bonds is 4. The number of benzene rings is 2. The van der Waals surface area contributed by atoms with Crippen molar-refractivity contribution in [3.63, 3.8) is 0 Å². The zero-order chi connectivity index (χ0) is 14.7.